The van der Waals surface area contributed by atoms with E-state index in [0.717, 1.165) is 12.1 Å². The molecule has 1 saturated carbocycles. The molecule has 1 aliphatic carbocycles. The van der Waals surface area contributed by atoms with Gasteiger partial charge in [-0.3, -0.25) is 9.80 Å². The fourth-order valence-corrected chi connectivity index (χ4v) is 3.82. The zero-order valence-electron chi connectivity index (χ0n) is 11.0. The highest BCUT2D eigenvalue weighted by molar-refractivity contribution is 5.21. The maximum Gasteiger partial charge on any atom is 0.0478 e. The molecule has 2 atom stereocenters. The molecule has 3 fully saturated rings. The SMILES string of the molecule is c1ccc(C2CN3CCCC3CN2C2CC2)cc1. The first-order chi connectivity index (χ1) is 8.92. The summed E-state index contributed by atoms with van der Waals surface area (Å²) in [6.45, 7) is 3.89. The Morgan fingerprint density at radius 1 is 0.889 bits per heavy atom. The maximum atomic E-state index is 2.81. The van der Waals surface area contributed by atoms with Crippen molar-refractivity contribution in [2.45, 2.75) is 43.8 Å². The highest BCUT2D eigenvalue weighted by Crippen LogP contribution is 2.39. The van der Waals surface area contributed by atoms with Crippen LogP contribution in [-0.2, 0) is 0 Å². The van der Waals surface area contributed by atoms with Gasteiger partial charge in [-0.1, -0.05) is 30.3 Å². The Bertz CT molecular complexity index is 412. The summed E-state index contributed by atoms with van der Waals surface area (Å²) >= 11 is 0. The smallest absolute Gasteiger partial charge is 0.0478 e. The van der Waals surface area contributed by atoms with Crippen LogP contribution in [0.15, 0.2) is 30.3 Å². The van der Waals surface area contributed by atoms with E-state index in [-0.39, 0.29) is 0 Å². The monoisotopic (exact) mass is 242 g/mol. The minimum absolute atomic E-state index is 0.646. The van der Waals surface area contributed by atoms with Gasteiger partial charge in [-0.15, -0.1) is 0 Å². The summed E-state index contributed by atoms with van der Waals surface area (Å²) in [6.07, 6.45) is 5.68. The number of hydrogen-bond acceptors (Lipinski definition) is 2. The third kappa shape index (κ3) is 1.88. The second-order valence-electron chi connectivity index (χ2n) is 6.15. The topological polar surface area (TPSA) is 6.48 Å². The number of hydrogen-bond donors (Lipinski definition) is 0. The molecule has 1 aromatic rings. The lowest BCUT2D eigenvalue weighted by molar-refractivity contribution is 0.0445. The van der Waals surface area contributed by atoms with Gasteiger partial charge in [-0.25, -0.2) is 0 Å². The first-order valence-corrected chi connectivity index (χ1v) is 7.46. The van der Waals surface area contributed by atoms with Crippen molar-refractivity contribution < 1.29 is 0 Å². The zero-order chi connectivity index (χ0) is 11.9. The number of fused-ring (bicyclic) bond motifs is 1. The minimum Gasteiger partial charge on any atom is -0.297 e. The van der Waals surface area contributed by atoms with Crippen LogP contribution in [-0.4, -0.2) is 41.5 Å². The van der Waals surface area contributed by atoms with Crippen molar-refractivity contribution in [3.8, 4) is 0 Å². The van der Waals surface area contributed by atoms with Crippen LogP contribution in [0.5, 0.6) is 0 Å². The molecule has 1 aromatic carbocycles. The van der Waals surface area contributed by atoms with E-state index < -0.39 is 0 Å². The Hall–Kier alpha value is -0.860. The van der Waals surface area contributed by atoms with Gasteiger partial charge < -0.3 is 0 Å². The van der Waals surface area contributed by atoms with E-state index in [2.05, 4.69) is 40.1 Å². The van der Waals surface area contributed by atoms with E-state index in [1.165, 1.54) is 50.9 Å². The zero-order valence-corrected chi connectivity index (χ0v) is 11.0. The van der Waals surface area contributed by atoms with Crippen LogP contribution in [0.1, 0.15) is 37.3 Å². The molecule has 2 heteroatoms. The normalized spacial score (nSPS) is 33.6. The first kappa shape index (κ1) is 11.0. The molecule has 2 aliphatic heterocycles. The predicted octanol–water partition coefficient (Wildman–Crippen LogP) is 2.67. The van der Waals surface area contributed by atoms with Gasteiger partial charge in [0.2, 0.25) is 0 Å². The maximum absolute atomic E-state index is 2.81. The molecule has 96 valence electrons. The molecule has 0 amide bonds. The quantitative estimate of drug-likeness (QED) is 0.786. The summed E-state index contributed by atoms with van der Waals surface area (Å²) in [5.74, 6) is 0. The summed E-state index contributed by atoms with van der Waals surface area (Å²) < 4.78 is 0. The van der Waals surface area contributed by atoms with E-state index >= 15 is 0 Å². The Balaban J connectivity index is 1.62. The molecular formula is C16H22N2. The lowest BCUT2D eigenvalue weighted by Gasteiger charge is -2.44. The Morgan fingerprint density at radius 2 is 1.72 bits per heavy atom. The molecule has 0 radical (unpaired) electrons. The van der Waals surface area contributed by atoms with Crippen molar-refractivity contribution in [1.29, 1.82) is 0 Å². The highest BCUT2D eigenvalue weighted by Gasteiger charge is 2.42. The van der Waals surface area contributed by atoms with E-state index in [0.29, 0.717) is 6.04 Å². The summed E-state index contributed by atoms with van der Waals surface area (Å²) in [4.78, 5) is 5.54. The fraction of sp³-hybridized carbons (Fsp3) is 0.625. The van der Waals surface area contributed by atoms with Crippen LogP contribution >= 0.6 is 0 Å². The van der Waals surface area contributed by atoms with Crippen molar-refractivity contribution >= 4 is 0 Å². The van der Waals surface area contributed by atoms with Crippen LogP contribution in [0.3, 0.4) is 0 Å². The van der Waals surface area contributed by atoms with Gasteiger partial charge in [0.15, 0.2) is 0 Å². The molecular weight excluding hydrogens is 220 g/mol. The molecule has 2 heterocycles. The van der Waals surface area contributed by atoms with Gasteiger partial charge >= 0.3 is 0 Å². The van der Waals surface area contributed by atoms with Crippen molar-refractivity contribution in [3.05, 3.63) is 35.9 Å². The van der Waals surface area contributed by atoms with Crippen LogP contribution in [0.2, 0.25) is 0 Å². The predicted molar refractivity (Wildman–Crippen MR) is 73.5 cm³/mol. The molecule has 4 rings (SSSR count). The highest BCUT2D eigenvalue weighted by atomic mass is 15.3. The van der Waals surface area contributed by atoms with Gasteiger partial charge in [0.25, 0.3) is 0 Å². The fourth-order valence-electron chi connectivity index (χ4n) is 3.82. The van der Waals surface area contributed by atoms with Gasteiger partial charge in [-0.05, 0) is 37.8 Å². The Morgan fingerprint density at radius 3 is 2.50 bits per heavy atom. The van der Waals surface area contributed by atoms with E-state index in [9.17, 15) is 0 Å². The average molecular weight is 242 g/mol. The van der Waals surface area contributed by atoms with Crippen molar-refractivity contribution in [3.63, 3.8) is 0 Å². The van der Waals surface area contributed by atoms with Crippen LogP contribution < -0.4 is 0 Å². The van der Waals surface area contributed by atoms with Crippen LogP contribution in [0, 0.1) is 0 Å². The number of rotatable bonds is 2. The van der Waals surface area contributed by atoms with Gasteiger partial charge in [0.05, 0.1) is 0 Å². The second kappa shape index (κ2) is 4.36. The lowest BCUT2D eigenvalue weighted by Crippen LogP contribution is -2.52. The molecule has 2 nitrogen and oxygen atoms in total. The molecule has 0 aromatic heterocycles. The van der Waals surface area contributed by atoms with Crippen molar-refractivity contribution in [2.75, 3.05) is 19.6 Å². The van der Waals surface area contributed by atoms with Crippen molar-refractivity contribution in [2.24, 2.45) is 0 Å². The molecule has 0 bridgehead atoms. The third-order valence-corrected chi connectivity index (χ3v) is 4.93. The number of piperazine rings is 1. The Labute approximate surface area is 110 Å². The summed E-state index contributed by atoms with van der Waals surface area (Å²) in [5.41, 5.74) is 1.52. The molecule has 0 spiro atoms. The first-order valence-electron chi connectivity index (χ1n) is 7.46. The van der Waals surface area contributed by atoms with E-state index in [4.69, 9.17) is 0 Å². The largest absolute Gasteiger partial charge is 0.297 e. The molecule has 0 N–H and O–H groups in total. The van der Waals surface area contributed by atoms with Crippen molar-refractivity contribution in [1.82, 2.24) is 9.80 Å². The molecule has 2 saturated heterocycles. The molecule has 2 unspecified atom stereocenters. The standard InChI is InChI=1S/C16H22N2/c1-2-5-13(6-3-1)16-12-17-10-4-7-15(17)11-18(16)14-8-9-14/h1-3,5-6,14-16H,4,7-12H2. The summed E-state index contributed by atoms with van der Waals surface area (Å²) in [7, 11) is 0. The average Bonchev–Trinajstić information content (AvgIpc) is 3.17. The summed E-state index contributed by atoms with van der Waals surface area (Å²) in [6, 6.07) is 13.5. The van der Waals surface area contributed by atoms with Crippen LogP contribution in [0.4, 0.5) is 0 Å². The Kier molecular flexibility index (Phi) is 2.66. The van der Waals surface area contributed by atoms with Crippen LogP contribution in [0.25, 0.3) is 0 Å². The molecule has 3 aliphatic rings. The van der Waals surface area contributed by atoms with Gasteiger partial charge in [0, 0.05) is 31.2 Å². The number of benzene rings is 1. The molecule has 18 heavy (non-hydrogen) atoms. The van der Waals surface area contributed by atoms with Gasteiger partial charge in [-0.2, -0.15) is 0 Å². The second-order valence-corrected chi connectivity index (χ2v) is 6.15. The lowest BCUT2D eigenvalue weighted by atomic mass is 9.99. The third-order valence-electron chi connectivity index (χ3n) is 4.93. The summed E-state index contributed by atoms with van der Waals surface area (Å²) in [5, 5.41) is 0. The minimum atomic E-state index is 0.646. The van der Waals surface area contributed by atoms with E-state index in [1.54, 1.807) is 0 Å². The van der Waals surface area contributed by atoms with E-state index in [1.807, 2.05) is 0 Å². The number of nitrogens with zero attached hydrogens (tertiary/aromatic N) is 2. The van der Waals surface area contributed by atoms with Gasteiger partial charge in [0.1, 0.15) is 0 Å².